The van der Waals surface area contributed by atoms with Crippen molar-refractivity contribution in [2.75, 3.05) is 4.72 Å². The van der Waals surface area contributed by atoms with Gasteiger partial charge < -0.3 is 0 Å². The van der Waals surface area contributed by atoms with Crippen molar-refractivity contribution in [1.29, 1.82) is 0 Å². The topological polar surface area (TPSA) is 81.8 Å². The van der Waals surface area contributed by atoms with E-state index in [1.165, 1.54) is 12.4 Å². The van der Waals surface area contributed by atoms with Crippen LogP contribution >= 0.6 is 23.2 Å². The maximum absolute atomic E-state index is 12.6. The summed E-state index contributed by atoms with van der Waals surface area (Å²) in [5.74, 6) is 0. The minimum absolute atomic E-state index is 0.140. The maximum atomic E-state index is 12.6. The maximum Gasteiger partial charge on any atom is 0.265 e. The monoisotopic (exact) mass is 413 g/mol. The summed E-state index contributed by atoms with van der Waals surface area (Å²) >= 11 is 12.3. The summed E-state index contributed by atoms with van der Waals surface area (Å²) in [7, 11) is -3.75. The largest absolute Gasteiger partial charge is 0.276 e. The van der Waals surface area contributed by atoms with Crippen molar-refractivity contribution in [3.05, 3.63) is 58.1 Å². The zero-order valence-corrected chi connectivity index (χ0v) is 16.5. The Bertz CT molecular complexity index is 1020. The van der Waals surface area contributed by atoms with E-state index in [1.807, 2.05) is 6.92 Å². The lowest BCUT2D eigenvalue weighted by atomic mass is 10.2. The number of benzene rings is 1. The molecule has 0 bridgehead atoms. The second-order valence-electron chi connectivity index (χ2n) is 5.64. The van der Waals surface area contributed by atoms with E-state index in [0.717, 1.165) is 0 Å². The zero-order chi connectivity index (χ0) is 18.9. The van der Waals surface area contributed by atoms with Crippen LogP contribution < -0.4 is 4.72 Å². The fourth-order valence-electron chi connectivity index (χ4n) is 2.57. The van der Waals surface area contributed by atoms with E-state index in [9.17, 15) is 8.42 Å². The Morgan fingerprint density at radius 3 is 2.46 bits per heavy atom. The van der Waals surface area contributed by atoms with Crippen molar-refractivity contribution in [3.8, 4) is 0 Å². The third-order valence-corrected chi connectivity index (χ3v) is 6.11. The van der Waals surface area contributed by atoms with Crippen molar-refractivity contribution >= 4 is 38.9 Å². The normalized spacial score (nSPS) is 11.7. The van der Waals surface area contributed by atoms with Gasteiger partial charge >= 0.3 is 0 Å². The molecule has 0 spiro atoms. The Morgan fingerprint density at radius 1 is 1.15 bits per heavy atom. The fourth-order valence-corrected chi connectivity index (χ4v) is 4.29. The first-order valence-corrected chi connectivity index (χ1v) is 10.1. The van der Waals surface area contributed by atoms with E-state index in [0.29, 0.717) is 40.1 Å². The van der Waals surface area contributed by atoms with Gasteiger partial charge in [0.1, 0.15) is 4.90 Å². The number of anilines is 1. The molecule has 3 aromatic rings. The third kappa shape index (κ3) is 3.72. The Kier molecular flexibility index (Phi) is 5.27. The second-order valence-corrected chi connectivity index (χ2v) is 8.11. The van der Waals surface area contributed by atoms with Gasteiger partial charge in [-0.3, -0.25) is 14.1 Å². The quantitative estimate of drug-likeness (QED) is 0.669. The lowest BCUT2D eigenvalue weighted by molar-refractivity contribution is 0.598. The fraction of sp³-hybridized carbons (Fsp3) is 0.250. The van der Waals surface area contributed by atoms with Gasteiger partial charge in [0.25, 0.3) is 10.0 Å². The van der Waals surface area contributed by atoms with Crippen molar-refractivity contribution in [2.24, 2.45) is 0 Å². The molecule has 10 heteroatoms. The first-order chi connectivity index (χ1) is 12.3. The standard InChI is InChI=1S/C16H17Cl2N5O2S/c1-3-23-11(2)16(8-20-23)26(24,25)21-12-7-19-22(9-12)10-13-14(17)5-4-6-15(13)18/h4-9,21H,3,10H2,1-2H3. The summed E-state index contributed by atoms with van der Waals surface area (Å²) in [5, 5.41) is 9.29. The number of aryl methyl sites for hydroxylation is 1. The van der Waals surface area contributed by atoms with Gasteiger partial charge in [-0.15, -0.1) is 0 Å². The van der Waals surface area contributed by atoms with E-state index in [2.05, 4.69) is 14.9 Å². The molecule has 0 aliphatic heterocycles. The van der Waals surface area contributed by atoms with E-state index in [-0.39, 0.29) is 4.90 Å². The van der Waals surface area contributed by atoms with Crippen LogP contribution in [0, 0.1) is 6.92 Å². The molecular formula is C16H17Cl2N5O2S. The summed E-state index contributed by atoms with van der Waals surface area (Å²) in [6, 6.07) is 5.24. The molecule has 0 amide bonds. The molecule has 3 rings (SSSR count). The minimum Gasteiger partial charge on any atom is -0.276 e. The van der Waals surface area contributed by atoms with Gasteiger partial charge in [-0.05, 0) is 26.0 Å². The van der Waals surface area contributed by atoms with Crippen LogP contribution in [-0.4, -0.2) is 28.0 Å². The molecule has 0 saturated heterocycles. The van der Waals surface area contributed by atoms with Crippen LogP contribution in [0.2, 0.25) is 10.0 Å². The van der Waals surface area contributed by atoms with Gasteiger partial charge in [0.05, 0.1) is 30.3 Å². The zero-order valence-electron chi connectivity index (χ0n) is 14.1. The Balaban J connectivity index is 1.81. The van der Waals surface area contributed by atoms with Crippen molar-refractivity contribution in [2.45, 2.75) is 31.8 Å². The first-order valence-electron chi connectivity index (χ1n) is 7.82. The van der Waals surface area contributed by atoms with Gasteiger partial charge in [0.15, 0.2) is 0 Å². The molecule has 0 unspecified atom stereocenters. The summed E-state index contributed by atoms with van der Waals surface area (Å²) < 4.78 is 30.9. The van der Waals surface area contributed by atoms with Gasteiger partial charge in [-0.1, -0.05) is 29.3 Å². The number of nitrogens with zero attached hydrogens (tertiary/aromatic N) is 4. The molecule has 0 aliphatic rings. The number of halogens is 2. The number of aromatic nitrogens is 4. The van der Waals surface area contributed by atoms with E-state index in [4.69, 9.17) is 23.2 Å². The second kappa shape index (κ2) is 7.30. The van der Waals surface area contributed by atoms with Crippen LogP contribution in [0.15, 0.2) is 41.7 Å². The molecule has 0 aliphatic carbocycles. The summed E-state index contributed by atoms with van der Waals surface area (Å²) in [6.45, 7) is 4.53. The molecule has 7 nitrogen and oxygen atoms in total. The molecule has 2 aromatic heterocycles. The molecule has 138 valence electrons. The number of nitrogens with one attached hydrogen (secondary N) is 1. The van der Waals surface area contributed by atoms with Crippen LogP contribution in [0.1, 0.15) is 18.2 Å². The van der Waals surface area contributed by atoms with Crippen LogP contribution in [0.3, 0.4) is 0 Å². The van der Waals surface area contributed by atoms with Gasteiger partial charge in [0, 0.05) is 28.4 Å². The summed E-state index contributed by atoms with van der Waals surface area (Å²) in [5.41, 5.74) is 1.64. The number of sulfonamides is 1. The molecular weight excluding hydrogens is 397 g/mol. The molecule has 2 heterocycles. The number of hydrogen-bond acceptors (Lipinski definition) is 4. The van der Waals surface area contributed by atoms with E-state index in [1.54, 1.807) is 40.7 Å². The van der Waals surface area contributed by atoms with Crippen molar-refractivity contribution < 1.29 is 8.42 Å². The minimum atomic E-state index is -3.75. The van der Waals surface area contributed by atoms with Gasteiger partial charge in [-0.25, -0.2) is 8.42 Å². The van der Waals surface area contributed by atoms with Crippen LogP contribution in [0.25, 0.3) is 0 Å². The highest BCUT2D eigenvalue weighted by Crippen LogP contribution is 2.25. The lowest BCUT2D eigenvalue weighted by Crippen LogP contribution is -2.13. The Hall–Kier alpha value is -2.03. The van der Waals surface area contributed by atoms with Crippen molar-refractivity contribution in [3.63, 3.8) is 0 Å². The Labute approximate surface area is 161 Å². The molecule has 0 radical (unpaired) electrons. The lowest BCUT2D eigenvalue weighted by Gasteiger charge is -2.07. The van der Waals surface area contributed by atoms with E-state index >= 15 is 0 Å². The summed E-state index contributed by atoms with van der Waals surface area (Å²) in [6.07, 6.45) is 4.35. The predicted octanol–water partition coefficient (Wildman–Crippen LogP) is 3.56. The van der Waals surface area contributed by atoms with Crippen LogP contribution in [0.5, 0.6) is 0 Å². The predicted molar refractivity (Wildman–Crippen MR) is 101 cm³/mol. The van der Waals surface area contributed by atoms with Crippen LogP contribution in [0.4, 0.5) is 5.69 Å². The summed E-state index contributed by atoms with van der Waals surface area (Å²) in [4.78, 5) is 0.140. The van der Waals surface area contributed by atoms with Gasteiger partial charge in [0.2, 0.25) is 0 Å². The highest BCUT2D eigenvalue weighted by atomic mass is 35.5. The molecule has 1 N–H and O–H groups in total. The average Bonchev–Trinajstić information content (AvgIpc) is 3.17. The highest BCUT2D eigenvalue weighted by Gasteiger charge is 2.21. The molecule has 0 atom stereocenters. The smallest absolute Gasteiger partial charge is 0.265 e. The highest BCUT2D eigenvalue weighted by molar-refractivity contribution is 7.92. The molecule has 26 heavy (non-hydrogen) atoms. The van der Waals surface area contributed by atoms with Gasteiger partial charge in [-0.2, -0.15) is 10.2 Å². The average molecular weight is 414 g/mol. The SMILES string of the molecule is CCn1ncc(S(=O)(=O)Nc2cnn(Cc3c(Cl)cccc3Cl)c2)c1C. The van der Waals surface area contributed by atoms with Crippen molar-refractivity contribution in [1.82, 2.24) is 19.6 Å². The Morgan fingerprint density at radius 2 is 1.85 bits per heavy atom. The van der Waals surface area contributed by atoms with Crippen LogP contribution in [-0.2, 0) is 23.1 Å². The number of rotatable bonds is 6. The molecule has 0 fully saturated rings. The molecule has 1 aromatic carbocycles. The third-order valence-electron chi connectivity index (χ3n) is 3.91. The first kappa shape index (κ1) is 18.8. The van der Waals surface area contributed by atoms with E-state index < -0.39 is 10.0 Å². The number of hydrogen-bond donors (Lipinski definition) is 1. The molecule has 0 saturated carbocycles.